The second kappa shape index (κ2) is 9.44. The third kappa shape index (κ3) is 4.64. The second-order valence-corrected chi connectivity index (χ2v) is 8.86. The van der Waals surface area contributed by atoms with Crippen molar-refractivity contribution in [3.05, 3.63) is 116 Å². The number of aromatic nitrogens is 1. The number of nitrogens with zero attached hydrogens (tertiary/aromatic N) is 2. The van der Waals surface area contributed by atoms with Crippen molar-refractivity contribution in [2.45, 2.75) is 34.2 Å². The van der Waals surface area contributed by atoms with E-state index >= 15 is 0 Å². The van der Waals surface area contributed by atoms with Gasteiger partial charge in [0.05, 0.1) is 18.7 Å². The number of rotatable bonds is 5. The molecule has 1 aromatic heterocycles. The summed E-state index contributed by atoms with van der Waals surface area (Å²) in [5.41, 5.74) is 7.12. The van der Waals surface area contributed by atoms with Crippen LogP contribution in [0.15, 0.2) is 71.5 Å². The van der Waals surface area contributed by atoms with Crippen LogP contribution < -0.4 is 5.56 Å². The van der Waals surface area contributed by atoms with Crippen molar-refractivity contribution >= 4 is 11.5 Å². The van der Waals surface area contributed by atoms with Crippen LogP contribution >= 0.6 is 0 Å². The number of benzene rings is 3. The summed E-state index contributed by atoms with van der Waals surface area (Å²) in [7, 11) is 0. The van der Waals surface area contributed by atoms with E-state index in [9.17, 15) is 14.7 Å². The fourth-order valence-electron chi connectivity index (χ4n) is 4.34. The first-order valence-electron chi connectivity index (χ1n) is 11.3. The lowest BCUT2D eigenvalue weighted by atomic mass is 9.97. The van der Waals surface area contributed by atoms with Crippen LogP contribution in [-0.2, 0) is 6.54 Å². The average Bonchev–Trinajstić information content (AvgIpc) is 2.82. The number of Topliss-reactive ketones (excluding diaryl/α,β-unsaturated/α-hetero) is 1. The fourth-order valence-corrected chi connectivity index (χ4v) is 4.34. The van der Waals surface area contributed by atoms with Crippen LogP contribution in [0.5, 0.6) is 5.75 Å². The highest BCUT2D eigenvalue weighted by molar-refractivity contribution is 5.98. The predicted octanol–water partition coefficient (Wildman–Crippen LogP) is 6.61. The summed E-state index contributed by atoms with van der Waals surface area (Å²) in [4.78, 5) is 28.8. The largest absolute Gasteiger partial charge is 0.507 e. The van der Waals surface area contributed by atoms with E-state index < -0.39 is 0 Å². The molecule has 0 unspecified atom stereocenters. The molecule has 0 aliphatic heterocycles. The van der Waals surface area contributed by atoms with Gasteiger partial charge in [-0.05, 0) is 85.3 Å². The van der Waals surface area contributed by atoms with Gasteiger partial charge in [-0.15, -0.1) is 0 Å². The Bertz CT molecular complexity index is 1570. The molecule has 1 heterocycles. The van der Waals surface area contributed by atoms with Crippen molar-refractivity contribution in [3.63, 3.8) is 0 Å². The Kier molecular flexibility index (Phi) is 6.40. The van der Waals surface area contributed by atoms with Gasteiger partial charge in [0.25, 0.3) is 11.2 Å². The van der Waals surface area contributed by atoms with Gasteiger partial charge < -0.3 is 9.67 Å². The van der Waals surface area contributed by atoms with Crippen molar-refractivity contribution in [2.24, 2.45) is 0 Å². The summed E-state index contributed by atoms with van der Waals surface area (Å²) >= 11 is 0. The topological polar surface area (TPSA) is 63.7 Å². The summed E-state index contributed by atoms with van der Waals surface area (Å²) in [6.45, 7) is 15.1. The van der Waals surface area contributed by atoms with Crippen LogP contribution in [0.1, 0.15) is 39.5 Å². The molecule has 0 radical (unpaired) electrons. The molecule has 5 heteroatoms. The highest BCUT2D eigenvalue weighted by Gasteiger charge is 2.16. The summed E-state index contributed by atoms with van der Waals surface area (Å²) in [6.07, 6.45) is 0. The van der Waals surface area contributed by atoms with Crippen molar-refractivity contribution in [3.8, 4) is 28.1 Å². The lowest BCUT2D eigenvalue weighted by Crippen LogP contribution is -2.23. The summed E-state index contributed by atoms with van der Waals surface area (Å²) in [5.74, 6) is -0.266. The monoisotopic (exact) mass is 462 g/mol. The Morgan fingerprint density at radius 3 is 2.31 bits per heavy atom. The fraction of sp³-hybridized carbons (Fsp3) is 0.167. The number of pyridine rings is 1. The molecule has 0 saturated heterocycles. The number of ketones is 1. The summed E-state index contributed by atoms with van der Waals surface area (Å²) in [5, 5.41) is 10.0. The molecular weight excluding hydrogens is 436 g/mol. The van der Waals surface area contributed by atoms with Crippen molar-refractivity contribution < 1.29 is 9.90 Å². The molecule has 0 aliphatic carbocycles. The molecular formula is C30H26N2O3. The van der Waals surface area contributed by atoms with Crippen LogP contribution in [0.4, 0.5) is 5.69 Å². The lowest BCUT2D eigenvalue weighted by molar-refractivity contribution is 0.101. The van der Waals surface area contributed by atoms with E-state index in [4.69, 9.17) is 6.57 Å². The smallest absolute Gasteiger partial charge is 0.257 e. The van der Waals surface area contributed by atoms with Gasteiger partial charge in [0, 0.05) is 5.69 Å². The average molecular weight is 463 g/mol. The molecule has 35 heavy (non-hydrogen) atoms. The first-order valence-corrected chi connectivity index (χ1v) is 11.3. The third-order valence-electron chi connectivity index (χ3n) is 6.27. The minimum atomic E-state index is -0.316. The number of hydrogen-bond donors (Lipinski definition) is 1. The van der Waals surface area contributed by atoms with Crippen LogP contribution in [0.25, 0.3) is 27.2 Å². The van der Waals surface area contributed by atoms with Gasteiger partial charge in [0.1, 0.15) is 5.75 Å². The van der Waals surface area contributed by atoms with E-state index in [1.165, 1.54) is 13.0 Å². The molecule has 0 aliphatic rings. The molecule has 0 fully saturated rings. The Morgan fingerprint density at radius 1 is 0.914 bits per heavy atom. The van der Waals surface area contributed by atoms with Gasteiger partial charge in [-0.1, -0.05) is 48.0 Å². The van der Waals surface area contributed by atoms with Crippen LogP contribution in [0, 0.1) is 27.3 Å². The first-order chi connectivity index (χ1) is 16.7. The number of aryl methyl sites for hydroxylation is 3. The third-order valence-corrected chi connectivity index (χ3v) is 6.27. The molecule has 4 aromatic rings. The predicted molar refractivity (Wildman–Crippen MR) is 139 cm³/mol. The summed E-state index contributed by atoms with van der Waals surface area (Å²) in [6, 6.07) is 20.7. The van der Waals surface area contributed by atoms with E-state index in [2.05, 4.69) is 10.9 Å². The summed E-state index contributed by atoms with van der Waals surface area (Å²) < 4.78 is 1.66. The van der Waals surface area contributed by atoms with Crippen molar-refractivity contribution in [1.82, 2.24) is 4.57 Å². The highest BCUT2D eigenvalue weighted by Crippen LogP contribution is 2.31. The molecule has 0 spiro atoms. The van der Waals surface area contributed by atoms with Gasteiger partial charge in [-0.25, -0.2) is 4.85 Å². The second-order valence-electron chi connectivity index (χ2n) is 8.86. The van der Waals surface area contributed by atoms with E-state index in [0.29, 0.717) is 17.8 Å². The molecule has 174 valence electrons. The maximum Gasteiger partial charge on any atom is 0.257 e. The van der Waals surface area contributed by atoms with E-state index in [1.807, 2.05) is 56.3 Å². The number of phenols is 1. The number of hydrogen-bond acceptors (Lipinski definition) is 3. The molecule has 4 rings (SSSR count). The number of aromatic hydroxyl groups is 1. The zero-order valence-electron chi connectivity index (χ0n) is 20.2. The van der Waals surface area contributed by atoms with E-state index in [1.54, 1.807) is 23.6 Å². The zero-order chi connectivity index (χ0) is 25.3. The van der Waals surface area contributed by atoms with Gasteiger partial charge in [0.2, 0.25) is 0 Å². The molecule has 0 atom stereocenters. The molecule has 1 N–H and O–H groups in total. The van der Waals surface area contributed by atoms with Gasteiger partial charge >= 0.3 is 0 Å². The normalized spacial score (nSPS) is 10.7. The van der Waals surface area contributed by atoms with E-state index in [0.717, 1.165) is 33.4 Å². The van der Waals surface area contributed by atoms with Gasteiger partial charge in [-0.3, -0.25) is 9.59 Å². The number of carbonyl (C=O) groups excluding carboxylic acids is 1. The molecule has 0 bridgehead atoms. The van der Waals surface area contributed by atoms with Crippen LogP contribution in [0.3, 0.4) is 0 Å². The SMILES string of the molecule is [C-]#[N+]c1c(C)cc(-c2cccc(-c3ccc(O)c(C(C)=O)c3)c2)n(Cc2ccc(C)cc2C)c1=O. The zero-order valence-corrected chi connectivity index (χ0v) is 20.2. The van der Waals surface area contributed by atoms with Crippen LogP contribution in [-0.4, -0.2) is 15.5 Å². The number of phenolic OH excluding ortho intramolecular Hbond substituents is 1. The lowest BCUT2D eigenvalue weighted by Gasteiger charge is -2.18. The van der Waals surface area contributed by atoms with Gasteiger partial charge in [-0.2, -0.15) is 0 Å². The Labute approximate surface area is 204 Å². The molecule has 3 aromatic carbocycles. The maximum absolute atomic E-state index is 13.4. The first kappa shape index (κ1) is 23.7. The Morgan fingerprint density at radius 2 is 1.63 bits per heavy atom. The minimum absolute atomic E-state index is 0.0509. The molecule has 0 saturated carbocycles. The quantitative estimate of drug-likeness (QED) is 0.268. The van der Waals surface area contributed by atoms with Gasteiger partial charge in [0.15, 0.2) is 5.78 Å². The van der Waals surface area contributed by atoms with Crippen LogP contribution in [0.2, 0.25) is 0 Å². The Balaban J connectivity index is 1.89. The molecule has 0 amide bonds. The number of carbonyl (C=O) groups is 1. The maximum atomic E-state index is 13.4. The van der Waals surface area contributed by atoms with E-state index in [-0.39, 0.29) is 28.3 Å². The standard InChI is InChI=1S/C30H26N2O3/c1-18-9-10-25(19(2)13-18)17-32-27(14-20(3)29(31-5)30(32)35)24-8-6-7-22(15-24)23-11-12-28(34)26(16-23)21(4)33/h6-16,34H,17H2,1-4H3. The van der Waals surface area contributed by atoms with Crippen molar-refractivity contribution in [2.75, 3.05) is 0 Å². The highest BCUT2D eigenvalue weighted by atomic mass is 16.3. The minimum Gasteiger partial charge on any atom is -0.507 e. The van der Waals surface area contributed by atoms with Crippen molar-refractivity contribution in [1.29, 1.82) is 0 Å². The Hall–Kier alpha value is -4.43. The molecule has 5 nitrogen and oxygen atoms in total.